The molecule has 1 amide bonds. The Morgan fingerprint density at radius 2 is 2.04 bits per heavy atom. The molecule has 0 unspecified atom stereocenters. The molecule has 1 N–H and O–H groups in total. The van der Waals surface area contributed by atoms with Crippen LogP contribution in [0, 0.1) is 0 Å². The summed E-state index contributed by atoms with van der Waals surface area (Å²) < 4.78 is 5.56. The zero-order valence-electron chi connectivity index (χ0n) is 12.2. The van der Waals surface area contributed by atoms with Gasteiger partial charge >= 0.3 is 0 Å². The lowest BCUT2D eigenvalue weighted by molar-refractivity contribution is 0.0955. The topological polar surface area (TPSA) is 80.4 Å². The van der Waals surface area contributed by atoms with Crippen molar-refractivity contribution in [2.24, 2.45) is 5.10 Å². The number of hydrazone groups is 1. The average molecular weight is 359 g/mol. The van der Waals surface area contributed by atoms with Crippen LogP contribution in [0.4, 0.5) is 0 Å². The van der Waals surface area contributed by atoms with Gasteiger partial charge in [-0.15, -0.1) is 0 Å². The van der Waals surface area contributed by atoms with Gasteiger partial charge in [0.2, 0.25) is 0 Å². The largest absolute Gasteiger partial charge is 0.448 e. The van der Waals surface area contributed by atoms with E-state index in [-0.39, 0.29) is 5.91 Å². The van der Waals surface area contributed by atoms with Crippen molar-refractivity contribution in [3.63, 3.8) is 0 Å². The maximum Gasteiger partial charge on any atom is 0.271 e. The highest BCUT2D eigenvalue weighted by Gasteiger charge is 2.06. The second kappa shape index (κ2) is 7.76. The van der Waals surface area contributed by atoms with Gasteiger partial charge in [0.25, 0.3) is 5.91 Å². The van der Waals surface area contributed by atoms with Crippen molar-refractivity contribution in [2.75, 3.05) is 0 Å². The second-order valence-corrected chi connectivity index (χ2v) is 5.91. The number of hydrogen-bond donors (Lipinski definition) is 1. The summed E-state index contributed by atoms with van der Waals surface area (Å²) in [6, 6.07) is 11.9. The van der Waals surface area contributed by atoms with Crippen LogP contribution < -0.4 is 5.43 Å². The molecule has 2 aromatic heterocycles. The Bertz CT molecular complexity index is 867. The van der Waals surface area contributed by atoms with Crippen LogP contribution in [0.5, 0.6) is 0 Å². The van der Waals surface area contributed by atoms with Crippen molar-refractivity contribution in [1.82, 2.24) is 15.4 Å². The maximum absolute atomic E-state index is 11.9. The minimum Gasteiger partial charge on any atom is -0.448 e. The average Bonchev–Trinajstić information content (AvgIpc) is 3.03. The zero-order valence-corrected chi connectivity index (χ0v) is 13.8. The van der Waals surface area contributed by atoms with E-state index >= 15 is 0 Å². The molecule has 0 saturated carbocycles. The van der Waals surface area contributed by atoms with E-state index in [1.165, 1.54) is 18.0 Å². The Labute approximate surface area is 147 Å². The summed E-state index contributed by atoms with van der Waals surface area (Å²) in [5.41, 5.74) is 2.84. The first-order valence-electron chi connectivity index (χ1n) is 6.84. The summed E-state index contributed by atoms with van der Waals surface area (Å²) in [5, 5.41) is 5.57. The molecule has 0 fully saturated rings. The van der Waals surface area contributed by atoms with Gasteiger partial charge in [0, 0.05) is 23.0 Å². The van der Waals surface area contributed by atoms with Gasteiger partial charge in [0.05, 0.1) is 6.21 Å². The van der Waals surface area contributed by atoms with Gasteiger partial charge in [-0.1, -0.05) is 17.7 Å². The third kappa shape index (κ3) is 4.43. The van der Waals surface area contributed by atoms with Crippen LogP contribution >= 0.6 is 23.4 Å². The van der Waals surface area contributed by atoms with Crippen molar-refractivity contribution < 1.29 is 9.21 Å². The molecule has 0 saturated heterocycles. The Morgan fingerprint density at radius 3 is 2.83 bits per heavy atom. The Kier molecular flexibility index (Phi) is 5.25. The fourth-order valence-corrected chi connectivity index (χ4v) is 2.61. The molecule has 2 heterocycles. The summed E-state index contributed by atoms with van der Waals surface area (Å²) in [6.07, 6.45) is 4.73. The van der Waals surface area contributed by atoms with E-state index in [0.717, 1.165) is 0 Å². The van der Waals surface area contributed by atoms with Crippen LogP contribution in [0.1, 0.15) is 16.1 Å². The standard InChI is InChI=1S/C16H11ClN4O2S/c17-12-4-1-3-11(9-12)15(22)21-20-10-13-5-6-14(23-13)24-16-18-7-2-8-19-16/h1-10H,(H,21,22)/b20-10+. The number of carbonyl (C=O) groups excluding carboxylic acids is 1. The molecular formula is C16H11ClN4O2S. The molecule has 24 heavy (non-hydrogen) atoms. The number of furan rings is 1. The Balaban J connectivity index is 1.58. The zero-order chi connectivity index (χ0) is 16.8. The van der Waals surface area contributed by atoms with E-state index in [2.05, 4.69) is 20.5 Å². The molecule has 0 spiro atoms. The minimum absolute atomic E-state index is 0.354. The molecule has 0 bridgehead atoms. The predicted molar refractivity (Wildman–Crippen MR) is 91.4 cm³/mol. The fraction of sp³-hybridized carbons (Fsp3) is 0. The lowest BCUT2D eigenvalue weighted by Gasteiger charge is -1.99. The molecule has 0 atom stereocenters. The number of aromatic nitrogens is 2. The first-order valence-corrected chi connectivity index (χ1v) is 8.04. The molecule has 0 aliphatic heterocycles. The van der Waals surface area contributed by atoms with E-state index < -0.39 is 0 Å². The second-order valence-electron chi connectivity index (χ2n) is 4.50. The van der Waals surface area contributed by atoms with Crippen LogP contribution in [0.15, 0.2) is 74.6 Å². The molecule has 0 aliphatic carbocycles. The molecule has 120 valence electrons. The summed E-state index contributed by atoms with van der Waals surface area (Å²) >= 11 is 7.14. The lowest BCUT2D eigenvalue weighted by atomic mass is 10.2. The molecule has 0 aliphatic rings. The number of hydrogen-bond acceptors (Lipinski definition) is 6. The molecule has 3 rings (SSSR count). The van der Waals surface area contributed by atoms with Crippen molar-refractivity contribution in [2.45, 2.75) is 10.2 Å². The van der Waals surface area contributed by atoms with Gasteiger partial charge in [0.1, 0.15) is 5.76 Å². The number of rotatable bonds is 5. The van der Waals surface area contributed by atoms with Crippen LogP contribution in [0.2, 0.25) is 5.02 Å². The SMILES string of the molecule is O=C(N/N=C/c1ccc(Sc2ncccn2)o1)c1cccc(Cl)c1. The van der Waals surface area contributed by atoms with Crippen molar-refractivity contribution in [3.8, 4) is 0 Å². The number of benzene rings is 1. The van der Waals surface area contributed by atoms with E-state index in [9.17, 15) is 4.79 Å². The third-order valence-corrected chi connectivity index (χ3v) is 3.83. The molecule has 1 aromatic carbocycles. The minimum atomic E-state index is -0.354. The third-order valence-electron chi connectivity index (χ3n) is 2.78. The van der Waals surface area contributed by atoms with Gasteiger partial charge in [-0.2, -0.15) is 5.10 Å². The number of nitrogens with one attached hydrogen (secondary N) is 1. The summed E-state index contributed by atoms with van der Waals surface area (Å²) in [6.45, 7) is 0. The van der Waals surface area contributed by atoms with Crippen LogP contribution in [-0.2, 0) is 0 Å². The van der Waals surface area contributed by atoms with E-state index in [4.69, 9.17) is 16.0 Å². The van der Waals surface area contributed by atoms with Gasteiger partial charge < -0.3 is 4.42 Å². The lowest BCUT2D eigenvalue weighted by Crippen LogP contribution is -2.17. The van der Waals surface area contributed by atoms with Gasteiger partial charge in [-0.25, -0.2) is 15.4 Å². The highest BCUT2D eigenvalue weighted by atomic mass is 35.5. The predicted octanol–water partition coefficient (Wildman–Crippen LogP) is 3.64. The summed E-state index contributed by atoms with van der Waals surface area (Å²) in [4.78, 5) is 20.1. The van der Waals surface area contributed by atoms with Crippen molar-refractivity contribution >= 4 is 35.5 Å². The monoisotopic (exact) mass is 358 g/mol. The molecule has 8 heteroatoms. The number of carbonyl (C=O) groups is 1. The number of nitrogens with zero attached hydrogens (tertiary/aromatic N) is 3. The Hall–Kier alpha value is -2.64. The fourth-order valence-electron chi connectivity index (χ4n) is 1.74. The van der Waals surface area contributed by atoms with E-state index in [0.29, 0.717) is 26.6 Å². The van der Waals surface area contributed by atoms with Crippen LogP contribution in [-0.4, -0.2) is 22.1 Å². The van der Waals surface area contributed by atoms with Crippen LogP contribution in [0.3, 0.4) is 0 Å². The van der Waals surface area contributed by atoms with Gasteiger partial charge in [0.15, 0.2) is 10.2 Å². The first-order chi connectivity index (χ1) is 11.7. The van der Waals surface area contributed by atoms with Crippen LogP contribution in [0.25, 0.3) is 0 Å². The molecule has 0 radical (unpaired) electrons. The van der Waals surface area contributed by atoms with E-state index in [1.807, 2.05) is 0 Å². The number of amides is 1. The Morgan fingerprint density at radius 1 is 1.21 bits per heavy atom. The molecule has 6 nitrogen and oxygen atoms in total. The smallest absolute Gasteiger partial charge is 0.271 e. The molecule has 3 aromatic rings. The molecular weight excluding hydrogens is 348 g/mol. The highest BCUT2D eigenvalue weighted by molar-refractivity contribution is 7.99. The van der Waals surface area contributed by atoms with E-state index in [1.54, 1.807) is 54.9 Å². The van der Waals surface area contributed by atoms with Crippen molar-refractivity contribution in [3.05, 3.63) is 71.2 Å². The number of halogens is 1. The van der Waals surface area contributed by atoms with Gasteiger partial charge in [-0.3, -0.25) is 4.79 Å². The quantitative estimate of drug-likeness (QED) is 0.428. The highest BCUT2D eigenvalue weighted by Crippen LogP contribution is 2.25. The first kappa shape index (κ1) is 16.2. The summed E-state index contributed by atoms with van der Waals surface area (Å²) in [5.74, 6) is 0.146. The summed E-state index contributed by atoms with van der Waals surface area (Å²) in [7, 11) is 0. The van der Waals surface area contributed by atoms with Crippen molar-refractivity contribution in [1.29, 1.82) is 0 Å². The van der Waals surface area contributed by atoms with Gasteiger partial charge in [-0.05, 0) is 48.2 Å². The normalized spacial score (nSPS) is 10.9. The maximum atomic E-state index is 11.9.